The van der Waals surface area contributed by atoms with E-state index in [4.69, 9.17) is 67.5 Å². The Morgan fingerprint density at radius 1 is 0.967 bits per heavy atom. The second-order valence-corrected chi connectivity index (χ2v) is 8.15. The van der Waals surface area contributed by atoms with Crippen LogP contribution in [0.2, 0.25) is 15.1 Å². The molecule has 2 N–H and O–H groups in total. The van der Waals surface area contributed by atoms with Crippen molar-refractivity contribution < 1.29 is 14.3 Å². The minimum atomic E-state index is -0.293. The van der Waals surface area contributed by atoms with Crippen LogP contribution in [0.1, 0.15) is 12.0 Å². The van der Waals surface area contributed by atoms with E-state index in [0.29, 0.717) is 52.7 Å². The summed E-state index contributed by atoms with van der Waals surface area (Å²) in [5.41, 5.74) is 0.844. The topological polar surface area (TPSA) is 59.6 Å². The molecule has 10 heteroatoms. The van der Waals surface area contributed by atoms with E-state index in [0.717, 1.165) is 5.56 Å². The second kappa shape index (κ2) is 13.0. The molecule has 0 aliphatic rings. The molecule has 0 saturated heterocycles. The number of carbonyl (C=O) groups is 1. The zero-order chi connectivity index (χ0) is 21.9. The average Bonchev–Trinajstić information content (AvgIpc) is 2.68. The van der Waals surface area contributed by atoms with E-state index in [9.17, 15) is 4.79 Å². The van der Waals surface area contributed by atoms with E-state index < -0.39 is 0 Å². The smallest absolute Gasteiger partial charge is 0.315 e. The van der Waals surface area contributed by atoms with E-state index in [2.05, 4.69) is 10.6 Å². The van der Waals surface area contributed by atoms with Crippen LogP contribution in [0.5, 0.6) is 11.5 Å². The number of rotatable bonds is 10. The van der Waals surface area contributed by atoms with E-state index in [-0.39, 0.29) is 17.1 Å². The largest absolute Gasteiger partial charge is 0.490 e. The number of carbonyl (C=O) groups excluding carboxylic acids is 1. The quantitative estimate of drug-likeness (QED) is 0.352. The zero-order valence-electron chi connectivity index (χ0n) is 15.7. The van der Waals surface area contributed by atoms with Gasteiger partial charge in [0.15, 0.2) is 5.75 Å². The molecule has 0 saturated carbocycles. The number of hydrogen-bond donors (Lipinski definition) is 2. The average molecular weight is 513 g/mol. The van der Waals surface area contributed by atoms with Crippen LogP contribution in [0.15, 0.2) is 47.0 Å². The molecular formula is C20H19Cl5N2O3. The highest BCUT2D eigenvalue weighted by atomic mass is 35.5. The van der Waals surface area contributed by atoms with E-state index in [1.165, 1.54) is 6.08 Å². The molecule has 30 heavy (non-hydrogen) atoms. The van der Waals surface area contributed by atoms with Crippen LogP contribution >= 0.6 is 58.0 Å². The summed E-state index contributed by atoms with van der Waals surface area (Å²) in [6.07, 6.45) is 2.05. The highest BCUT2D eigenvalue weighted by Crippen LogP contribution is 2.37. The lowest BCUT2D eigenvalue weighted by Gasteiger charge is -2.13. The molecule has 0 fully saturated rings. The molecule has 0 aromatic heterocycles. The van der Waals surface area contributed by atoms with Crippen molar-refractivity contribution in [2.45, 2.75) is 13.0 Å². The van der Waals surface area contributed by atoms with Gasteiger partial charge in [-0.3, -0.25) is 0 Å². The minimum absolute atomic E-state index is 0.110. The van der Waals surface area contributed by atoms with Gasteiger partial charge in [0, 0.05) is 30.2 Å². The maximum absolute atomic E-state index is 11.9. The molecule has 0 unspecified atom stereocenters. The summed E-state index contributed by atoms with van der Waals surface area (Å²) in [6, 6.07) is 10.2. The Labute approximate surface area is 200 Å². The first-order chi connectivity index (χ1) is 14.4. The van der Waals surface area contributed by atoms with Gasteiger partial charge in [-0.05, 0) is 24.1 Å². The molecule has 162 valence electrons. The molecule has 5 nitrogen and oxygen atoms in total. The molecule has 2 amide bonds. The van der Waals surface area contributed by atoms with Gasteiger partial charge in [0.2, 0.25) is 0 Å². The summed E-state index contributed by atoms with van der Waals surface area (Å²) in [4.78, 5) is 11.9. The van der Waals surface area contributed by atoms with Gasteiger partial charge in [-0.1, -0.05) is 76.2 Å². The highest BCUT2D eigenvalue weighted by Gasteiger charge is 2.11. The number of hydrogen-bond acceptors (Lipinski definition) is 3. The molecule has 2 aromatic carbocycles. The van der Waals surface area contributed by atoms with Gasteiger partial charge in [0.05, 0.1) is 16.7 Å². The van der Waals surface area contributed by atoms with Crippen molar-refractivity contribution in [3.05, 3.63) is 67.6 Å². The van der Waals surface area contributed by atoms with E-state index in [1.54, 1.807) is 18.2 Å². The summed E-state index contributed by atoms with van der Waals surface area (Å²) in [6.45, 7) is 1.25. The maximum Gasteiger partial charge on any atom is 0.315 e. The van der Waals surface area contributed by atoms with Gasteiger partial charge in [-0.2, -0.15) is 0 Å². The van der Waals surface area contributed by atoms with E-state index >= 15 is 0 Å². The van der Waals surface area contributed by atoms with Gasteiger partial charge in [-0.15, -0.1) is 0 Å². The fourth-order valence-electron chi connectivity index (χ4n) is 2.29. The Bertz CT molecular complexity index is 865. The van der Waals surface area contributed by atoms with Crippen molar-refractivity contribution in [3.8, 4) is 11.5 Å². The summed E-state index contributed by atoms with van der Waals surface area (Å²) in [5.74, 6) is 0.805. The maximum atomic E-state index is 11.9. The monoisotopic (exact) mass is 510 g/mol. The van der Waals surface area contributed by atoms with Gasteiger partial charge < -0.3 is 20.1 Å². The van der Waals surface area contributed by atoms with Crippen molar-refractivity contribution in [1.82, 2.24) is 10.6 Å². The van der Waals surface area contributed by atoms with E-state index in [1.807, 2.05) is 18.2 Å². The lowest BCUT2D eigenvalue weighted by atomic mass is 10.2. The van der Waals surface area contributed by atoms with Crippen LogP contribution in [-0.2, 0) is 6.54 Å². The summed E-state index contributed by atoms with van der Waals surface area (Å²) < 4.78 is 11.2. The predicted octanol–water partition coefficient (Wildman–Crippen LogP) is 6.61. The first-order valence-electron chi connectivity index (χ1n) is 8.87. The van der Waals surface area contributed by atoms with Crippen molar-refractivity contribution in [1.29, 1.82) is 0 Å². The Hall–Kier alpha value is -1.50. The SMILES string of the molecule is O=C(NCCCOc1c(Cl)cc(OCC=C(Cl)Cl)cc1Cl)NCc1ccccc1Cl. The number of nitrogens with one attached hydrogen (secondary N) is 2. The van der Waals surface area contributed by atoms with Crippen LogP contribution in [0, 0.1) is 0 Å². The molecule has 0 heterocycles. The van der Waals surface area contributed by atoms with Gasteiger partial charge in [-0.25, -0.2) is 4.79 Å². The van der Waals surface area contributed by atoms with Crippen molar-refractivity contribution in [3.63, 3.8) is 0 Å². The summed E-state index contributed by atoms with van der Waals surface area (Å²) >= 11 is 29.5. The standard InChI is InChI=1S/C20H19Cl5N2O3/c21-15-5-2-1-4-13(15)12-27-20(28)26-7-3-8-30-19-16(22)10-14(11-17(19)23)29-9-6-18(24)25/h1-2,4-6,10-11H,3,7-9,12H2,(H2,26,27,28). The Kier molecular flexibility index (Phi) is 10.8. The third kappa shape index (κ3) is 8.70. The number of amides is 2. The van der Waals surface area contributed by atoms with Crippen LogP contribution in [0.4, 0.5) is 4.79 Å². The fraction of sp³-hybridized carbons (Fsp3) is 0.250. The second-order valence-electron chi connectivity index (χ2n) is 5.92. The molecule has 2 aromatic rings. The summed E-state index contributed by atoms with van der Waals surface area (Å²) in [5, 5.41) is 6.71. The van der Waals surface area contributed by atoms with Crippen LogP contribution < -0.4 is 20.1 Å². The van der Waals surface area contributed by atoms with Crippen molar-refractivity contribution >= 4 is 64.0 Å². The third-order valence-corrected chi connectivity index (χ3v) is 4.95. The zero-order valence-corrected chi connectivity index (χ0v) is 19.5. The number of urea groups is 1. The lowest BCUT2D eigenvalue weighted by Crippen LogP contribution is -2.36. The minimum Gasteiger partial charge on any atom is -0.490 e. The Morgan fingerprint density at radius 2 is 1.67 bits per heavy atom. The van der Waals surface area contributed by atoms with Crippen LogP contribution in [-0.4, -0.2) is 25.8 Å². The first-order valence-corrected chi connectivity index (χ1v) is 10.8. The molecule has 0 atom stereocenters. The van der Waals surface area contributed by atoms with Crippen molar-refractivity contribution in [2.24, 2.45) is 0 Å². The van der Waals surface area contributed by atoms with Crippen molar-refractivity contribution in [2.75, 3.05) is 19.8 Å². The normalized spacial score (nSPS) is 10.3. The molecular weight excluding hydrogens is 493 g/mol. The fourth-order valence-corrected chi connectivity index (χ4v) is 3.19. The van der Waals surface area contributed by atoms with Gasteiger partial charge in [0.1, 0.15) is 16.8 Å². The Morgan fingerprint density at radius 3 is 2.33 bits per heavy atom. The number of benzene rings is 2. The predicted molar refractivity (Wildman–Crippen MR) is 124 cm³/mol. The highest BCUT2D eigenvalue weighted by molar-refractivity contribution is 6.55. The third-order valence-electron chi connectivity index (χ3n) is 3.71. The first kappa shape index (κ1) is 24.8. The van der Waals surface area contributed by atoms with Crippen LogP contribution in [0.25, 0.3) is 0 Å². The molecule has 0 aliphatic heterocycles. The van der Waals surface area contributed by atoms with Crippen LogP contribution in [0.3, 0.4) is 0 Å². The molecule has 2 rings (SSSR count). The van der Waals surface area contributed by atoms with Gasteiger partial charge >= 0.3 is 6.03 Å². The lowest BCUT2D eigenvalue weighted by molar-refractivity contribution is 0.238. The molecule has 0 aliphatic carbocycles. The number of ether oxygens (including phenoxy) is 2. The molecule has 0 bridgehead atoms. The molecule has 0 spiro atoms. The van der Waals surface area contributed by atoms with Gasteiger partial charge in [0.25, 0.3) is 0 Å². The number of halogens is 5. The molecule has 0 radical (unpaired) electrons. The Balaban J connectivity index is 1.70. The summed E-state index contributed by atoms with van der Waals surface area (Å²) in [7, 11) is 0.